The molecular weight excluding hydrogens is 228 g/mol. The highest BCUT2D eigenvalue weighted by Gasteiger charge is 2.14. The Labute approximate surface area is 109 Å². The number of benzene rings is 1. The SMILES string of the molecule is COCCN(c1cccc(C#N)c1)C(C)COC. The molecule has 4 heteroatoms. The van der Waals surface area contributed by atoms with E-state index in [2.05, 4.69) is 17.9 Å². The van der Waals surface area contributed by atoms with Crippen LogP contribution in [0.5, 0.6) is 0 Å². The minimum absolute atomic E-state index is 0.235. The molecule has 1 atom stereocenters. The Kier molecular flexibility index (Phi) is 6.20. The Balaban J connectivity index is 2.89. The Bertz CT molecular complexity index is 401. The first-order valence-corrected chi connectivity index (χ1v) is 5.97. The van der Waals surface area contributed by atoms with Gasteiger partial charge in [0.2, 0.25) is 0 Å². The number of methoxy groups -OCH3 is 2. The average Bonchev–Trinajstić information content (AvgIpc) is 2.40. The van der Waals surface area contributed by atoms with Crippen molar-refractivity contribution in [3.8, 4) is 6.07 Å². The van der Waals surface area contributed by atoms with Crippen LogP contribution >= 0.6 is 0 Å². The zero-order valence-corrected chi connectivity index (χ0v) is 11.2. The lowest BCUT2D eigenvalue weighted by Crippen LogP contribution is -2.38. The molecule has 0 saturated carbocycles. The highest BCUT2D eigenvalue weighted by atomic mass is 16.5. The first-order valence-electron chi connectivity index (χ1n) is 5.97. The summed E-state index contributed by atoms with van der Waals surface area (Å²) in [5, 5.41) is 8.94. The third-order valence-electron chi connectivity index (χ3n) is 2.78. The first kappa shape index (κ1) is 14.5. The lowest BCUT2D eigenvalue weighted by Gasteiger charge is -2.30. The molecule has 98 valence electrons. The van der Waals surface area contributed by atoms with Crippen molar-refractivity contribution < 1.29 is 9.47 Å². The van der Waals surface area contributed by atoms with Crippen molar-refractivity contribution in [1.82, 2.24) is 0 Å². The van der Waals surface area contributed by atoms with Gasteiger partial charge < -0.3 is 14.4 Å². The van der Waals surface area contributed by atoms with E-state index in [-0.39, 0.29) is 6.04 Å². The van der Waals surface area contributed by atoms with Gasteiger partial charge in [0.15, 0.2) is 0 Å². The van der Waals surface area contributed by atoms with E-state index < -0.39 is 0 Å². The molecule has 0 spiro atoms. The maximum atomic E-state index is 8.94. The highest BCUT2D eigenvalue weighted by molar-refractivity contribution is 5.52. The molecular formula is C14H20N2O2. The van der Waals surface area contributed by atoms with Crippen molar-refractivity contribution in [3.63, 3.8) is 0 Å². The summed E-state index contributed by atoms with van der Waals surface area (Å²) in [6, 6.07) is 9.99. The van der Waals surface area contributed by atoms with Crippen molar-refractivity contribution >= 4 is 5.69 Å². The summed E-state index contributed by atoms with van der Waals surface area (Å²) in [6.45, 7) is 4.15. The van der Waals surface area contributed by atoms with E-state index in [1.807, 2.05) is 18.2 Å². The minimum atomic E-state index is 0.235. The maximum Gasteiger partial charge on any atom is 0.0992 e. The van der Waals surface area contributed by atoms with E-state index in [1.54, 1.807) is 20.3 Å². The van der Waals surface area contributed by atoms with Crippen molar-refractivity contribution in [3.05, 3.63) is 29.8 Å². The van der Waals surface area contributed by atoms with Crippen LogP contribution in [0.2, 0.25) is 0 Å². The van der Waals surface area contributed by atoms with Gasteiger partial charge in [-0.15, -0.1) is 0 Å². The quantitative estimate of drug-likeness (QED) is 0.741. The maximum absolute atomic E-state index is 8.94. The summed E-state index contributed by atoms with van der Waals surface area (Å²) in [5.74, 6) is 0. The summed E-state index contributed by atoms with van der Waals surface area (Å²) in [7, 11) is 3.38. The molecule has 1 aromatic rings. The number of anilines is 1. The second-order valence-electron chi connectivity index (χ2n) is 4.15. The van der Waals surface area contributed by atoms with Gasteiger partial charge in [0, 0.05) is 32.5 Å². The number of ether oxygens (including phenoxy) is 2. The number of nitriles is 1. The van der Waals surface area contributed by atoms with Crippen molar-refractivity contribution in [2.45, 2.75) is 13.0 Å². The van der Waals surface area contributed by atoms with Gasteiger partial charge in [-0.2, -0.15) is 5.26 Å². The lowest BCUT2D eigenvalue weighted by molar-refractivity contribution is 0.171. The zero-order chi connectivity index (χ0) is 13.4. The first-order chi connectivity index (χ1) is 8.72. The van der Waals surface area contributed by atoms with Gasteiger partial charge in [-0.05, 0) is 25.1 Å². The summed E-state index contributed by atoms with van der Waals surface area (Å²) < 4.78 is 10.3. The highest BCUT2D eigenvalue weighted by Crippen LogP contribution is 2.18. The predicted octanol–water partition coefficient (Wildman–Crippen LogP) is 2.05. The molecule has 1 aromatic carbocycles. The molecule has 4 nitrogen and oxygen atoms in total. The van der Waals surface area contributed by atoms with Gasteiger partial charge in [0.05, 0.1) is 24.8 Å². The average molecular weight is 248 g/mol. The monoisotopic (exact) mass is 248 g/mol. The summed E-state index contributed by atoms with van der Waals surface area (Å²) in [5.41, 5.74) is 1.69. The third kappa shape index (κ3) is 4.02. The fourth-order valence-corrected chi connectivity index (χ4v) is 1.88. The van der Waals surface area contributed by atoms with E-state index in [4.69, 9.17) is 14.7 Å². The summed E-state index contributed by atoms with van der Waals surface area (Å²) >= 11 is 0. The largest absolute Gasteiger partial charge is 0.383 e. The van der Waals surface area contributed by atoms with Crippen LogP contribution in [-0.2, 0) is 9.47 Å². The second-order valence-corrected chi connectivity index (χ2v) is 4.15. The topological polar surface area (TPSA) is 45.5 Å². The van der Waals surface area contributed by atoms with E-state index in [0.717, 1.165) is 12.2 Å². The molecule has 1 rings (SSSR count). The van der Waals surface area contributed by atoms with Crippen LogP contribution in [0.4, 0.5) is 5.69 Å². The molecule has 0 N–H and O–H groups in total. The van der Waals surface area contributed by atoms with Crippen LogP contribution in [0.15, 0.2) is 24.3 Å². The lowest BCUT2D eigenvalue weighted by atomic mass is 10.1. The minimum Gasteiger partial charge on any atom is -0.383 e. The third-order valence-corrected chi connectivity index (χ3v) is 2.78. The fraction of sp³-hybridized carbons (Fsp3) is 0.500. The van der Waals surface area contributed by atoms with Gasteiger partial charge in [-0.25, -0.2) is 0 Å². The van der Waals surface area contributed by atoms with E-state index in [1.165, 1.54) is 0 Å². The standard InChI is InChI=1S/C14H20N2O2/c1-12(11-18-3)16(7-8-17-2)14-6-4-5-13(9-14)10-15/h4-6,9,12H,7-8,11H2,1-3H3. The van der Waals surface area contributed by atoms with Crippen molar-refractivity contribution in [2.75, 3.05) is 38.9 Å². The second kappa shape index (κ2) is 7.70. The van der Waals surface area contributed by atoms with Crippen molar-refractivity contribution in [1.29, 1.82) is 5.26 Å². The Morgan fingerprint density at radius 2 is 2.11 bits per heavy atom. The van der Waals surface area contributed by atoms with Crippen LogP contribution < -0.4 is 4.90 Å². The summed E-state index contributed by atoms with van der Waals surface area (Å²) in [4.78, 5) is 2.19. The van der Waals surface area contributed by atoms with Gasteiger partial charge in [0.1, 0.15) is 0 Å². The van der Waals surface area contributed by atoms with Gasteiger partial charge in [-0.1, -0.05) is 6.07 Å². The number of hydrogen-bond acceptors (Lipinski definition) is 4. The van der Waals surface area contributed by atoms with Crippen LogP contribution in [0.1, 0.15) is 12.5 Å². The molecule has 0 aromatic heterocycles. The van der Waals surface area contributed by atoms with E-state index in [9.17, 15) is 0 Å². The van der Waals surface area contributed by atoms with Gasteiger partial charge in [-0.3, -0.25) is 0 Å². The Morgan fingerprint density at radius 3 is 2.72 bits per heavy atom. The van der Waals surface area contributed by atoms with E-state index >= 15 is 0 Å². The molecule has 0 radical (unpaired) electrons. The number of rotatable bonds is 7. The Morgan fingerprint density at radius 1 is 1.33 bits per heavy atom. The predicted molar refractivity (Wildman–Crippen MR) is 71.7 cm³/mol. The molecule has 0 aliphatic rings. The molecule has 0 amide bonds. The molecule has 18 heavy (non-hydrogen) atoms. The van der Waals surface area contributed by atoms with Crippen molar-refractivity contribution in [2.24, 2.45) is 0 Å². The zero-order valence-electron chi connectivity index (χ0n) is 11.2. The van der Waals surface area contributed by atoms with Crippen LogP contribution in [0.25, 0.3) is 0 Å². The molecule has 0 heterocycles. The number of nitrogens with zero attached hydrogens (tertiary/aromatic N) is 2. The van der Waals surface area contributed by atoms with Crippen LogP contribution in [-0.4, -0.2) is 40.0 Å². The van der Waals surface area contributed by atoms with E-state index in [0.29, 0.717) is 18.8 Å². The molecule has 0 bridgehead atoms. The van der Waals surface area contributed by atoms with Gasteiger partial charge >= 0.3 is 0 Å². The molecule has 0 aliphatic carbocycles. The fourth-order valence-electron chi connectivity index (χ4n) is 1.88. The number of hydrogen-bond donors (Lipinski definition) is 0. The molecule has 0 fully saturated rings. The van der Waals surface area contributed by atoms with Crippen LogP contribution in [0.3, 0.4) is 0 Å². The molecule has 1 unspecified atom stereocenters. The molecule has 0 saturated heterocycles. The smallest absolute Gasteiger partial charge is 0.0992 e. The van der Waals surface area contributed by atoms with Gasteiger partial charge in [0.25, 0.3) is 0 Å². The molecule has 0 aliphatic heterocycles. The van der Waals surface area contributed by atoms with Crippen LogP contribution in [0, 0.1) is 11.3 Å². The summed E-state index contributed by atoms with van der Waals surface area (Å²) in [6.07, 6.45) is 0. The normalized spacial score (nSPS) is 11.9. The Hall–Kier alpha value is -1.57.